The number of methoxy groups -OCH3 is 2. The molecule has 0 saturated carbocycles. The average Bonchev–Trinajstić information content (AvgIpc) is 2.91. The summed E-state index contributed by atoms with van der Waals surface area (Å²) in [6.07, 6.45) is 0. The zero-order valence-electron chi connectivity index (χ0n) is 19.0. The molecule has 9 nitrogen and oxygen atoms in total. The van der Waals surface area contributed by atoms with Gasteiger partial charge in [0, 0.05) is 10.9 Å². The van der Waals surface area contributed by atoms with E-state index >= 15 is 0 Å². The molecule has 174 valence electrons. The van der Waals surface area contributed by atoms with E-state index in [0.29, 0.717) is 44.6 Å². The topological polar surface area (TPSA) is 105 Å². The Kier molecular flexibility index (Phi) is 5.80. The monoisotopic (exact) mass is 468 g/mol. The number of nitrogens with zero attached hydrogens (tertiary/aromatic N) is 4. The molecule has 0 aliphatic rings. The average molecular weight is 468 g/mol. The van der Waals surface area contributed by atoms with Crippen molar-refractivity contribution < 1.29 is 19.0 Å². The number of para-hydroxylation sites is 1. The van der Waals surface area contributed by atoms with Gasteiger partial charge in [-0.3, -0.25) is 4.79 Å². The van der Waals surface area contributed by atoms with Crippen LogP contribution < -0.4 is 15.0 Å². The third kappa shape index (κ3) is 4.15. The van der Waals surface area contributed by atoms with E-state index in [9.17, 15) is 9.59 Å². The van der Waals surface area contributed by atoms with Crippen LogP contribution in [0.1, 0.15) is 10.4 Å². The molecule has 0 aliphatic carbocycles. The van der Waals surface area contributed by atoms with E-state index in [1.807, 2.05) is 24.3 Å². The summed E-state index contributed by atoms with van der Waals surface area (Å²) in [7, 11) is 3.11. The number of benzene rings is 3. The molecule has 0 N–H and O–H groups in total. The maximum Gasteiger partial charge on any atom is 0.340 e. The number of hydrogen-bond donors (Lipinski definition) is 0. The van der Waals surface area contributed by atoms with Crippen LogP contribution in [-0.4, -0.2) is 40.2 Å². The molecule has 0 aliphatic heterocycles. The van der Waals surface area contributed by atoms with E-state index in [2.05, 4.69) is 10.3 Å². The number of carbonyl (C=O) groups excluding carboxylic acids is 1. The Balaban J connectivity index is 1.51. The summed E-state index contributed by atoms with van der Waals surface area (Å²) in [6.45, 7) is -0.377. The van der Waals surface area contributed by atoms with Gasteiger partial charge in [-0.15, -0.1) is 5.10 Å². The van der Waals surface area contributed by atoms with Crippen molar-refractivity contribution >= 4 is 27.8 Å². The molecule has 5 rings (SSSR count). The van der Waals surface area contributed by atoms with E-state index in [0.717, 1.165) is 10.2 Å². The van der Waals surface area contributed by atoms with Crippen LogP contribution in [0.25, 0.3) is 33.1 Å². The Hall–Kier alpha value is -4.79. The fourth-order valence-corrected chi connectivity index (χ4v) is 3.79. The van der Waals surface area contributed by atoms with Crippen molar-refractivity contribution in [1.29, 1.82) is 0 Å². The van der Waals surface area contributed by atoms with Gasteiger partial charge in [0.15, 0.2) is 18.2 Å². The lowest BCUT2D eigenvalue weighted by Crippen LogP contribution is -2.26. The number of hydrogen-bond acceptors (Lipinski definition) is 8. The Bertz CT molecular complexity index is 1630. The molecule has 5 aromatic rings. The molecule has 0 unspecified atom stereocenters. The first kappa shape index (κ1) is 22.0. The molecule has 0 fully saturated rings. The number of esters is 1. The van der Waals surface area contributed by atoms with Gasteiger partial charge in [0.05, 0.1) is 36.4 Å². The summed E-state index contributed by atoms with van der Waals surface area (Å²) in [5.74, 6) is 0.504. The quantitative estimate of drug-likeness (QED) is 0.346. The predicted octanol–water partition coefficient (Wildman–Crippen LogP) is 3.84. The largest absolute Gasteiger partial charge is 0.493 e. The molecule has 2 heterocycles. The normalized spacial score (nSPS) is 10.9. The standard InChI is InChI=1S/C26H20N4O5/c1-33-23-12-11-16(13-24(23)34-2)22-14-19(17-7-3-5-9-20(17)27-22)26(32)35-15-30-25(31)18-8-4-6-10-21(18)28-29-30/h3-14H,15H2,1-2H3. The first-order chi connectivity index (χ1) is 17.1. The van der Waals surface area contributed by atoms with Crippen molar-refractivity contribution in [1.82, 2.24) is 20.0 Å². The molecule has 0 spiro atoms. The maximum atomic E-state index is 13.2. The van der Waals surface area contributed by atoms with Crippen LogP contribution in [0.2, 0.25) is 0 Å². The molecule has 3 aromatic carbocycles. The lowest BCUT2D eigenvalue weighted by Gasteiger charge is -2.12. The molecular formula is C26H20N4O5. The third-order valence-corrected chi connectivity index (χ3v) is 5.56. The SMILES string of the molecule is COc1ccc(-c2cc(C(=O)OCn3nnc4ccccc4c3=O)c3ccccc3n2)cc1OC. The van der Waals surface area contributed by atoms with Crippen LogP contribution in [0.4, 0.5) is 0 Å². The number of ether oxygens (including phenoxy) is 3. The van der Waals surface area contributed by atoms with Gasteiger partial charge in [0.2, 0.25) is 0 Å². The van der Waals surface area contributed by atoms with E-state index in [1.54, 1.807) is 62.8 Å². The Morgan fingerprint density at radius 2 is 1.57 bits per heavy atom. The molecule has 35 heavy (non-hydrogen) atoms. The fraction of sp³-hybridized carbons (Fsp3) is 0.115. The number of rotatable bonds is 6. The molecule has 0 saturated heterocycles. The van der Waals surface area contributed by atoms with Gasteiger partial charge in [-0.2, -0.15) is 4.68 Å². The van der Waals surface area contributed by atoms with Crippen LogP contribution in [0.15, 0.2) is 77.6 Å². The minimum absolute atomic E-state index is 0.308. The van der Waals surface area contributed by atoms with Crippen molar-refractivity contribution in [2.75, 3.05) is 14.2 Å². The summed E-state index contributed by atoms with van der Waals surface area (Å²) in [6, 6.07) is 21.2. The van der Waals surface area contributed by atoms with Crippen LogP contribution in [0.5, 0.6) is 11.5 Å². The van der Waals surface area contributed by atoms with Gasteiger partial charge in [0.25, 0.3) is 5.56 Å². The highest BCUT2D eigenvalue weighted by Crippen LogP contribution is 2.33. The summed E-state index contributed by atoms with van der Waals surface area (Å²) >= 11 is 0. The second-order valence-corrected chi connectivity index (χ2v) is 7.61. The van der Waals surface area contributed by atoms with Crippen LogP contribution in [0.3, 0.4) is 0 Å². The van der Waals surface area contributed by atoms with Crippen molar-refractivity contribution in [2.45, 2.75) is 6.73 Å². The number of fused-ring (bicyclic) bond motifs is 2. The summed E-state index contributed by atoms with van der Waals surface area (Å²) < 4.78 is 17.2. The highest BCUT2D eigenvalue weighted by atomic mass is 16.5. The molecule has 2 aromatic heterocycles. The summed E-state index contributed by atoms with van der Waals surface area (Å²) in [5.41, 5.74) is 2.30. The van der Waals surface area contributed by atoms with Gasteiger partial charge in [-0.05, 0) is 42.5 Å². The van der Waals surface area contributed by atoms with Gasteiger partial charge in [-0.25, -0.2) is 9.78 Å². The predicted molar refractivity (Wildman–Crippen MR) is 129 cm³/mol. The van der Waals surface area contributed by atoms with Crippen molar-refractivity contribution in [2.24, 2.45) is 0 Å². The summed E-state index contributed by atoms with van der Waals surface area (Å²) in [4.78, 5) is 30.5. The second kappa shape index (κ2) is 9.22. The van der Waals surface area contributed by atoms with Gasteiger partial charge >= 0.3 is 5.97 Å². The fourth-order valence-electron chi connectivity index (χ4n) is 3.79. The van der Waals surface area contributed by atoms with E-state index in [4.69, 9.17) is 19.2 Å². The smallest absolute Gasteiger partial charge is 0.340 e. The Labute approximate surface area is 199 Å². The van der Waals surface area contributed by atoms with Gasteiger partial charge in [-0.1, -0.05) is 35.5 Å². The number of aromatic nitrogens is 4. The van der Waals surface area contributed by atoms with Gasteiger partial charge in [0.1, 0.15) is 5.52 Å². The molecule has 0 bridgehead atoms. The molecule has 0 radical (unpaired) electrons. The lowest BCUT2D eigenvalue weighted by atomic mass is 10.0. The summed E-state index contributed by atoms with van der Waals surface area (Å²) in [5, 5.41) is 8.91. The first-order valence-corrected chi connectivity index (χ1v) is 10.7. The highest BCUT2D eigenvalue weighted by Gasteiger charge is 2.17. The Morgan fingerprint density at radius 1 is 0.857 bits per heavy atom. The number of carbonyl (C=O) groups is 1. The minimum atomic E-state index is -0.618. The zero-order valence-corrected chi connectivity index (χ0v) is 19.0. The minimum Gasteiger partial charge on any atom is -0.493 e. The van der Waals surface area contributed by atoms with Crippen LogP contribution in [-0.2, 0) is 11.5 Å². The number of pyridine rings is 1. The molecule has 0 amide bonds. The van der Waals surface area contributed by atoms with Crippen molar-refractivity contribution in [3.63, 3.8) is 0 Å². The van der Waals surface area contributed by atoms with Crippen molar-refractivity contribution in [3.8, 4) is 22.8 Å². The molecule has 0 atom stereocenters. The van der Waals surface area contributed by atoms with Crippen LogP contribution >= 0.6 is 0 Å². The Morgan fingerprint density at radius 3 is 2.34 bits per heavy atom. The van der Waals surface area contributed by atoms with E-state index in [1.165, 1.54) is 0 Å². The molecule has 9 heteroatoms. The maximum absolute atomic E-state index is 13.2. The lowest BCUT2D eigenvalue weighted by molar-refractivity contribution is 0.0338. The zero-order chi connectivity index (χ0) is 24.4. The van der Waals surface area contributed by atoms with E-state index in [-0.39, 0.29) is 6.73 Å². The molecular weight excluding hydrogens is 448 g/mol. The van der Waals surface area contributed by atoms with Gasteiger partial charge < -0.3 is 14.2 Å². The van der Waals surface area contributed by atoms with Crippen molar-refractivity contribution in [3.05, 3.63) is 88.7 Å². The van der Waals surface area contributed by atoms with Crippen LogP contribution in [0, 0.1) is 0 Å². The third-order valence-electron chi connectivity index (χ3n) is 5.56. The first-order valence-electron chi connectivity index (χ1n) is 10.7. The highest BCUT2D eigenvalue weighted by molar-refractivity contribution is 6.04. The second-order valence-electron chi connectivity index (χ2n) is 7.61. The van der Waals surface area contributed by atoms with E-state index < -0.39 is 11.5 Å².